The van der Waals surface area contributed by atoms with Gasteiger partial charge < -0.3 is 16.2 Å². The van der Waals surface area contributed by atoms with E-state index in [-0.39, 0.29) is 17.4 Å². The smallest absolute Gasteiger partial charge is 0.258 e. The summed E-state index contributed by atoms with van der Waals surface area (Å²) in [4.78, 5) is 11.8. The summed E-state index contributed by atoms with van der Waals surface area (Å²) in [6.45, 7) is 0. The Hall–Kier alpha value is -2.77. The maximum Gasteiger partial charge on any atom is 0.258 e. The lowest BCUT2D eigenvalue weighted by Crippen LogP contribution is -2.16. The molecule has 0 heterocycles. The fourth-order valence-electron chi connectivity index (χ4n) is 1.58. The van der Waals surface area contributed by atoms with Crippen molar-refractivity contribution in [2.24, 2.45) is 0 Å². The number of rotatable bonds is 2. The van der Waals surface area contributed by atoms with Crippen LogP contribution in [0.15, 0.2) is 24.3 Å². The number of phenols is 1. The SMILES string of the molecule is Nc1ccc(F)c(NC(=O)c2cc(F)c(F)c(O)c2F)c1. The van der Waals surface area contributed by atoms with E-state index in [1.165, 1.54) is 6.07 Å². The van der Waals surface area contributed by atoms with Crippen LogP contribution in [-0.2, 0) is 0 Å². The second-order valence-corrected chi connectivity index (χ2v) is 4.08. The van der Waals surface area contributed by atoms with Gasteiger partial charge in [0.05, 0.1) is 11.3 Å². The van der Waals surface area contributed by atoms with Gasteiger partial charge in [0.2, 0.25) is 5.82 Å². The Morgan fingerprint density at radius 3 is 2.38 bits per heavy atom. The first kappa shape index (κ1) is 14.6. The van der Waals surface area contributed by atoms with Crippen molar-refractivity contribution in [2.75, 3.05) is 11.1 Å². The number of hydrogen-bond acceptors (Lipinski definition) is 3. The van der Waals surface area contributed by atoms with Crippen molar-refractivity contribution in [3.05, 3.63) is 53.1 Å². The van der Waals surface area contributed by atoms with E-state index in [0.717, 1.165) is 12.1 Å². The van der Waals surface area contributed by atoms with Gasteiger partial charge in [0.15, 0.2) is 17.4 Å². The number of nitrogen functional groups attached to an aromatic ring is 1. The standard InChI is InChI=1S/C13H8F4N2O2/c14-7-2-1-5(18)3-9(7)19-13(21)6-4-8(15)11(17)12(20)10(6)16/h1-4,20H,18H2,(H,19,21). The quantitative estimate of drug-likeness (QED) is 0.453. The number of amides is 1. The Morgan fingerprint density at radius 1 is 1.05 bits per heavy atom. The average molecular weight is 300 g/mol. The van der Waals surface area contributed by atoms with Gasteiger partial charge in [-0.3, -0.25) is 4.79 Å². The molecule has 4 N–H and O–H groups in total. The fraction of sp³-hybridized carbons (Fsp3) is 0. The highest BCUT2D eigenvalue weighted by atomic mass is 19.2. The van der Waals surface area contributed by atoms with Gasteiger partial charge >= 0.3 is 0 Å². The molecule has 2 rings (SSSR count). The molecule has 4 nitrogen and oxygen atoms in total. The minimum absolute atomic E-state index is 0.125. The van der Waals surface area contributed by atoms with Gasteiger partial charge in [0.25, 0.3) is 5.91 Å². The molecule has 8 heteroatoms. The van der Waals surface area contributed by atoms with Crippen LogP contribution in [0.25, 0.3) is 0 Å². The number of phenolic OH excluding ortho intramolecular Hbond substituents is 1. The molecule has 0 aliphatic heterocycles. The average Bonchev–Trinajstić information content (AvgIpc) is 2.44. The molecule has 0 radical (unpaired) electrons. The Morgan fingerprint density at radius 2 is 1.71 bits per heavy atom. The molecule has 1 amide bonds. The second-order valence-electron chi connectivity index (χ2n) is 4.08. The maximum absolute atomic E-state index is 13.5. The Bertz CT molecular complexity index is 735. The summed E-state index contributed by atoms with van der Waals surface area (Å²) in [5.74, 6) is -8.86. The molecule has 110 valence electrons. The zero-order valence-corrected chi connectivity index (χ0v) is 10.3. The largest absolute Gasteiger partial charge is 0.503 e. The summed E-state index contributed by atoms with van der Waals surface area (Å²) in [6, 6.07) is 3.51. The maximum atomic E-state index is 13.5. The van der Waals surface area contributed by atoms with Crippen LogP contribution < -0.4 is 11.1 Å². The number of carbonyl (C=O) groups excluding carboxylic acids is 1. The van der Waals surface area contributed by atoms with Gasteiger partial charge in [0, 0.05) is 5.69 Å². The number of halogens is 4. The van der Waals surface area contributed by atoms with Gasteiger partial charge in [-0.15, -0.1) is 0 Å². The number of hydrogen-bond donors (Lipinski definition) is 3. The molecule has 2 aromatic rings. The Kier molecular flexibility index (Phi) is 3.70. The monoisotopic (exact) mass is 300 g/mol. The first-order valence-corrected chi connectivity index (χ1v) is 5.54. The van der Waals surface area contributed by atoms with E-state index < -0.39 is 40.5 Å². The van der Waals surface area contributed by atoms with E-state index >= 15 is 0 Å². The van der Waals surface area contributed by atoms with Crippen LogP contribution >= 0.6 is 0 Å². The summed E-state index contributed by atoms with van der Waals surface area (Å²) in [5, 5.41) is 11.0. The van der Waals surface area contributed by atoms with Crippen molar-refractivity contribution < 1.29 is 27.5 Å². The van der Waals surface area contributed by atoms with Gasteiger partial charge in [-0.05, 0) is 24.3 Å². The Labute approximate surface area is 115 Å². The van der Waals surface area contributed by atoms with E-state index in [1.807, 2.05) is 5.32 Å². The third-order valence-electron chi connectivity index (χ3n) is 2.62. The predicted molar refractivity (Wildman–Crippen MR) is 66.7 cm³/mol. The first-order chi connectivity index (χ1) is 9.81. The number of benzene rings is 2. The van der Waals surface area contributed by atoms with E-state index in [0.29, 0.717) is 0 Å². The molecule has 21 heavy (non-hydrogen) atoms. The highest BCUT2D eigenvalue weighted by molar-refractivity contribution is 6.05. The number of anilines is 2. The van der Waals surface area contributed by atoms with Crippen molar-refractivity contribution in [3.63, 3.8) is 0 Å². The molecule has 0 aromatic heterocycles. The molecule has 0 aliphatic rings. The van der Waals surface area contributed by atoms with Crippen LogP contribution in [0.1, 0.15) is 10.4 Å². The lowest BCUT2D eigenvalue weighted by atomic mass is 10.1. The van der Waals surface area contributed by atoms with Crippen molar-refractivity contribution >= 4 is 17.3 Å². The van der Waals surface area contributed by atoms with Gasteiger partial charge in [-0.2, -0.15) is 4.39 Å². The van der Waals surface area contributed by atoms with Crippen LogP contribution in [0.4, 0.5) is 28.9 Å². The summed E-state index contributed by atoms with van der Waals surface area (Å²) in [6.07, 6.45) is 0. The van der Waals surface area contributed by atoms with Gasteiger partial charge in [-0.1, -0.05) is 0 Å². The van der Waals surface area contributed by atoms with Crippen LogP contribution in [0.3, 0.4) is 0 Å². The van der Waals surface area contributed by atoms with Crippen LogP contribution in [-0.4, -0.2) is 11.0 Å². The molecule has 0 fully saturated rings. The molecular weight excluding hydrogens is 292 g/mol. The molecule has 0 atom stereocenters. The van der Waals surface area contributed by atoms with E-state index in [2.05, 4.69) is 0 Å². The van der Waals surface area contributed by atoms with E-state index in [1.54, 1.807) is 0 Å². The number of nitrogens with two attached hydrogens (primary N) is 1. The lowest BCUT2D eigenvalue weighted by molar-refractivity contribution is 0.102. The van der Waals surface area contributed by atoms with Crippen molar-refractivity contribution in [3.8, 4) is 5.75 Å². The summed E-state index contributed by atoms with van der Waals surface area (Å²) < 4.78 is 53.0. The van der Waals surface area contributed by atoms with Crippen molar-refractivity contribution in [1.82, 2.24) is 0 Å². The molecule has 0 saturated carbocycles. The number of nitrogens with one attached hydrogen (secondary N) is 1. The third kappa shape index (κ3) is 2.73. The molecule has 0 unspecified atom stereocenters. The first-order valence-electron chi connectivity index (χ1n) is 5.54. The third-order valence-corrected chi connectivity index (χ3v) is 2.62. The molecular formula is C13H8F4N2O2. The van der Waals surface area contributed by atoms with Crippen LogP contribution in [0, 0.1) is 23.3 Å². The predicted octanol–water partition coefficient (Wildman–Crippen LogP) is 2.78. The summed E-state index contributed by atoms with van der Waals surface area (Å²) in [5.41, 5.74) is 4.17. The highest BCUT2D eigenvalue weighted by Crippen LogP contribution is 2.27. The molecule has 0 spiro atoms. The normalized spacial score (nSPS) is 10.5. The van der Waals surface area contributed by atoms with E-state index in [9.17, 15) is 22.4 Å². The minimum atomic E-state index is -1.82. The van der Waals surface area contributed by atoms with Crippen molar-refractivity contribution in [2.45, 2.75) is 0 Å². The zero-order chi connectivity index (χ0) is 15.7. The Balaban J connectivity index is 2.40. The van der Waals surface area contributed by atoms with Gasteiger partial charge in [-0.25, -0.2) is 13.2 Å². The zero-order valence-electron chi connectivity index (χ0n) is 10.3. The second kappa shape index (κ2) is 5.31. The number of aromatic hydroxyl groups is 1. The fourth-order valence-corrected chi connectivity index (χ4v) is 1.58. The molecule has 0 bridgehead atoms. The van der Waals surface area contributed by atoms with Crippen molar-refractivity contribution in [1.29, 1.82) is 0 Å². The topological polar surface area (TPSA) is 75.3 Å². The highest BCUT2D eigenvalue weighted by Gasteiger charge is 2.23. The molecule has 0 saturated heterocycles. The summed E-state index contributed by atoms with van der Waals surface area (Å²) in [7, 11) is 0. The number of carbonyl (C=O) groups is 1. The van der Waals surface area contributed by atoms with E-state index in [4.69, 9.17) is 10.8 Å². The van der Waals surface area contributed by atoms with Gasteiger partial charge in [0.1, 0.15) is 5.82 Å². The summed E-state index contributed by atoms with van der Waals surface area (Å²) >= 11 is 0. The lowest BCUT2D eigenvalue weighted by Gasteiger charge is -2.09. The molecule has 0 aliphatic carbocycles. The van der Waals surface area contributed by atoms with Crippen LogP contribution in [0.5, 0.6) is 5.75 Å². The minimum Gasteiger partial charge on any atom is -0.503 e. The van der Waals surface area contributed by atoms with Crippen LogP contribution in [0.2, 0.25) is 0 Å². The molecule has 2 aromatic carbocycles.